The van der Waals surface area contributed by atoms with Crippen molar-refractivity contribution >= 4 is 35.0 Å². The van der Waals surface area contributed by atoms with Crippen LogP contribution in [0.1, 0.15) is 0 Å². The van der Waals surface area contributed by atoms with Gasteiger partial charge in [0.25, 0.3) is 5.22 Å². The summed E-state index contributed by atoms with van der Waals surface area (Å²) in [6.07, 6.45) is 0. The number of halogens is 2. The van der Waals surface area contributed by atoms with Gasteiger partial charge in [-0.25, -0.2) is 0 Å². The standard InChI is InChI=1S/C9H6Cl2N2OS/c10-5-15-9-13-12-8(14-9)6-3-1-2-4-7(6)11/h1-4H,5H2. The predicted octanol–water partition coefficient (Wildman–Crippen LogP) is 3.68. The van der Waals surface area contributed by atoms with Crippen molar-refractivity contribution in [3.05, 3.63) is 29.3 Å². The normalized spacial score (nSPS) is 10.5. The average molecular weight is 261 g/mol. The van der Waals surface area contributed by atoms with E-state index in [2.05, 4.69) is 10.2 Å². The second-order valence-corrected chi connectivity index (χ2v) is 4.52. The van der Waals surface area contributed by atoms with Crippen LogP contribution in [0.5, 0.6) is 0 Å². The maximum absolute atomic E-state index is 5.98. The van der Waals surface area contributed by atoms with Crippen molar-refractivity contribution in [2.75, 3.05) is 5.21 Å². The molecule has 0 radical (unpaired) electrons. The highest BCUT2D eigenvalue weighted by Gasteiger charge is 2.10. The highest BCUT2D eigenvalue weighted by molar-refractivity contribution is 8.00. The summed E-state index contributed by atoms with van der Waals surface area (Å²) >= 11 is 12.8. The molecule has 2 aromatic rings. The van der Waals surface area contributed by atoms with Crippen molar-refractivity contribution in [1.29, 1.82) is 0 Å². The molecule has 0 aliphatic heterocycles. The summed E-state index contributed by atoms with van der Waals surface area (Å²) in [5.41, 5.74) is 0.730. The number of benzene rings is 1. The Bertz CT molecular complexity index is 461. The molecule has 3 nitrogen and oxygen atoms in total. The first-order valence-electron chi connectivity index (χ1n) is 4.08. The molecule has 15 heavy (non-hydrogen) atoms. The zero-order valence-corrected chi connectivity index (χ0v) is 9.81. The molecule has 6 heteroatoms. The van der Waals surface area contributed by atoms with Gasteiger partial charge in [0.15, 0.2) is 0 Å². The third-order valence-electron chi connectivity index (χ3n) is 1.69. The van der Waals surface area contributed by atoms with Crippen LogP contribution in [-0.2, 0) is 0 Å². The van der Waals surface area contributed by atoms with Crippen LogP contribution >= 0.6 is 35.0 Å². The lowest BCUT2D eigenvalue weighted by atomic mass is 10.2. The molecule has 1 aromatic carbocycles. The molecule has 0 atom stereocenters. The molecule has 0 saturated heterocycles. The third-order valence-corrected chi connectivity index (χ3v) is 2.87. The Balaban J connectivity index is 2.33. The molecule has 0 unspecified atom stereocenters. The molecule has 0 saturated carbocycles. The first-order valence-corrected chi connectivity index (χ1v) is 5.98. The van der Waals surface area contributed by atoms with E-state index in [0.29, 0.717) is 21.3 Å². The van der Waals surface area contributed by atoms with Crippen molar-refractivity contribution in [1.82, 2.24) is 10.2 Å². The summed E-state index contributed by atoms with van der Waals surface area (Å²) in [6.45, 7) is 0. The average Bonchev–Trinajstić information content (AvgIpc) is 2.68. The lowest BCUT2D eigenvalue weighted by Crippen LogP contribution is -1.78. The largest absolute Gasteiger partial charge is 0.411 e. The van der Waals surface area contributed by atoms with Crippen molar-refractivity contribution in [3.63, 3.8) is 0 Å². The Morgan fingerprint density at radius 2 is 2.07 bits per heavy atom. The van der Waals surface area contributed by atoms with Crippen LogP contribution in [0.3, 0.4) is 0 Å². The lowest BCUT2D eigenvalue weighted by molar-refractivity contribution is 0.466. The maximum Gasteiger partial charge on any atom is 0.278 e. The summed E-state index contributed by atoms with van der Waals surface area (Å²) in [5.74, 6) is 0.410. The second kappa shape index (κ2) is 4.88. The minimum atomic E-state index is 0.379. The predicted molar refractivity (Wildman–Crippen MR) is 61.3 cm³/mol. The van der Waals surface area contributed by atoms with E-state index in [-0.39, 0.29) is 0 Å². The van der Waals surface area contributed by atoms with E-state index < -0.39 is 0 Å². The van der Waals surface area contributed by atoms with Crippen LogP contribution < -0.4 is 0 Å². The monoisotopic (exact) mass is 260 g/mol. The fraction of sp³-hybridized carbons (Fsp3) is 0.111. The first-order chi connectivity index (χ1) is 7.31. The number of hydrogen-bond donors (Lipinski definition) is 0. The van der Waals surface area contributed by atoms with E-state index in [4.69, 9.17) is 27.6 Å². The summed E-state index contributed by atoms with van der Waals surface area (Å²) in [7, 11) is 0. The molecule has 0 aliphatic carbocycles. The lowest BCUT2D eigenvalue weighted by Gasteiger charge is -1.96. The Morgan fingerprint density at radius 3 is 2.80 bits per heavy atom. The minimum absolute atomic E-state index is 0.379. The Kier molecular flexibility index (Phi) is 3.51. The molecule has 0 N–H and O–H groups in total. The van der Waals surface area contributed by atoms with Crippen LogP contribution in [0.2, 0.25) is 5.02 Å². The SMILES string of the molecule is ClCSc1nnc(-c2ccccc2Cl)o1. The molecule has 2 rings (SSSR count). The number of thioether (sulfide) groups is 1. The number of hydrogen-bond acceptors (Lipinski definition) is 4. The van der Waals surface area contributed by atoms with Crippen molar-refractivity contribution in [2.24, 2.45) is 0 Å². The molecule has 0 amide bonds. The van der Waals surface area contributed by atoms with E-state index in [1.165, 1.54) is 11.8 Å². The Labute approximate surface area is 101 Å². The molecular formula is C9H6Cl2N2OS. The molecule has 1 aromatic heterocycles. The number of nitrogens with zero attached hydrogens (tertiary/aromatic N) is 2. The zero-order valence-electron chi connectivity index (χ0n) is 7.48. The topological polar surface area (TPSA) is 38.9 Å². The molecule has 0 spiro atoms. The number of alkyl halides is 1. The van der Waals surface area contributed by atoms with Crippen molar-refractivity contribution < 1.29 is 4.42 Å². The van der Waals surface area contributed by atoms with Gasteiger partial charge in [-0.2, -0.15) is 0 Å². The Hall–Kier alpha value is -0.710. The van der Waals surface area contributed by atoms with Crippen LogP contribution in [0, 0.1) is 0 Å². The van der Waals surface area contributed by atoms with Gasteiger partial charge in [0.2, 0.25) is 5.89 Å². The molecule has 0 bridgehead atoms. The summed E-state index contributed by atoms with van der Waals surface area (Å²) in [4.78, 5) is 0. The van der Waals surface area contributed by atoms with E-state index >= 15 is 0 Å². The van der Waals surface area contributed by atoms with Crippen LogP contribution in [-0.4, -0.2) is 15.4 Å². The van der Waals surface area contributed by atoms with Gasteiger partial charge in [-0.15, -0.1) is 21.8 Å². The van der Waals surface area contributed by atoms with E-state index in [1.54, 1.807) is 6.07 Å². The van der Waals surface area contributed by atoms with Gasteiger partial charge < -0.3 is 4.42 Å². The van der Waals surface area contributed by atoms with Gasteiger partial charge in [0.1, 0.15) is 0 Å². The van der Waals surface area contributed by atoms with Gasteiger partial charge in [0, 0.05) is 0 Å². The van der Waals surface area contributed by atoms with Crippen LogP contribution in [0.25, 0.3) is 11.5 Å². The third kappa shape index (κ3) is 2.45. The molecular weight excluding hydrogens is 255 g/mol. The summed E-state index contributed by atoms with van der Waals surface area (Å²) < 4.78 is 5.36. The van der Waals surface area contributed by atoms with E-state index in [1.807, 2.05) is 18.2 Å². The van der Waals surface area contributed by atoms with Crippen LogP contribution in [0.15, 0.2) is 33.9 Å². The highest BCUT2D eigenvalue weighted by Crippen LogP contribution is 2.28. The van der Waals surface area contributed by atoms with E-state index in [0.717, 1.165) is 5.56 Å². The minimum Gasteiger partial charge on any atom is -0.411 e. The fourth-order valence-corrected chi connectivity index (χ4v) is 1.88. The Morgan fingerprint density at radius 1 is 1.27 bits per heavy atom. The van der Waals surface area contributed by atoms with Crippen molar-refractivity contribution in [2.45, 2.75) is 5.22 Å². The van der Waals surface area contributed by atoms with Gasteiger partial charge in [-0.05, 0) is 23.9 Å². The molecule has 78 valence electrons. The van der Waals surface area contributed by atoms with Gasteiger partial charge in [-0.1, -0.05) is 23.7 Å². The molecule has 1 heterocycles. The highest BCUT2D eigenvalue weighted by atomic mass is 35.5. The second-order valence-electron chi connectivity index (χ2n) is 2.61. The first kappa shape index (κ1) is 10.8. The molecule has 0 fully saturated rings. The number of aromatic nitrogens is 2. The maximum atomic E-state index is 5.98. The fourth-order valence-electron chi connectivity index (χ4n) is 1.06. The summed E-state index contributed by atoms with van der Waals surface area (Å²) in [5, 5.41) is 9.12. The quantitative estimate of drug-likeness (QED) is 0.624. The van der Waals surface area contributed by atoms with Crippen LogP contribution in [0.4, 0.5) is 0 Å². The van der Waals surface area contributed by atoms with E-state index in [9.17, 15) is 0 Å². The number of rotatable bonds is 3. The summed E-state index contributed by atoms with van der Waals surface area (Å²) in [6, 6.07) is 7.30. The van der Waals surface area contributed by atoms with Crippen molar-refractivity contribution in [3.8, 4) is 11.5 Å². The zero-order chi connectivity index (χ0) is 10.7. The van der Waals surface area contributed by atoms with Gasteiger partial charge >= 0.3 is 0 Å². The smallest absolute Gasteiger partial charge is 0.278 e. The van der Waals surface area contributed by atoms with Gasteiger partial charge in [-0.3, -0.25) is 0 Å². The van der Waals surface area contributed by atoms with Gasteiger partial charge in [0.05, 0.1) is 15.8 Å². The molecule has 0 aliphatic rings.